The fourth-order valence-corrected chi connectivity index (χ4v) is 3.64. The molecule has 3 rings (SSSR count). The number of rotatable bonds is 2. The largest absolute Gasteiger partial charge is 0.377 e. The summed E-state index contributed by atoms with van der Waals surface area (Å²) < 4.78 is 0. The first-order valence-electron chi connectivity index (χ1n) is 6.66. The van der Waals surface area contributed by atoms with E-state index in [0.29, 0.717) is 6.04 Å². The highest BCUT2D eigenvalue weighted by Crippen LogP contribution is 2.37. The van der Waals surface area contributed by atoms with Crippen LogP contribution in [0.5, 0.6) is 0 Å². The first-order valence-corrected chi connectivity index (χ1v) is 7.65. The summed E-state index contributed by atoms with van der Waals surface area (Å²) in [7, 11) is 0. The second kappa shape index (κ2) is 5.25. The van der Waals surface area contributed by atoms with Crippen LogP contribution in [0.2, 0.25) is 0 Å². The van der Waals surface area contributed by atoms with Gasteiger partial charge in [0.15, 0.2) is 0 Å². The monoisotopic (exact) mass is 270 g/mol. The van der Waals surface area contributed by atoms with Crippen LogP contribution in [0.15, 0.2) is 41.3 Å². The number of fused-ring (bicyclic) bond motifs is 1. The Labute approximate surface area is 118 Å². The van der Waals surface area contributed by atoms with Gasteiger partial charge in [-0.2, -0.15) is 0 Å². The highest BCUT2D eigenvalue weighted by molar-refractivity contribution is 7.99. The molecule has 0 saturated carbocycles. The molecule has 1 aliphatic heterocycles. The van der Waals surface area contributed by atoms with E-state index in [1.165, 1.54) is 16.2 Å². The van der Waals surface area contributed by atoms with Crippen molar-refractivity contribution >= 4 is 17.4 Å². The van der Waals surface area contributed by atoms with E-state index in [0.717, 1.165) is 23.5 Å². The molecule has 1 N–H and O–H groups in total. The van der Waals surface area contributed by atoms with Gasteiger partial charge in [-0.05, 0) is 44.0 Å². The van der Waals surface area contributed by atoms with E-state index < -0.39 is 0 Å². The molecule has 2 aromatic rings. The van der Waals surface area contributed by atoms with Crippen molar-refractivity contribution in [1.29, 1.82) is 0 Å². The molecule has 0 fully saturated rings. The molecule has 1 atom stereocenters. The van der Waals surface area contributed by atoms with Crippen LogP contribution in [-0.4, -0.2) is 10.7 Å². The fourth-order valence-electron chi connectivity index (χ4n) is 2.52. The van der Waals surface area contributed by atoms with Crippen molar-refractivity contribution < 1.29 is 0 Å². The molecule has 1 unspecified atom stereocenters. The maximum absolute atomic E-state index is 4.53. The minimum absolute atomic E-state index is 0.403. The molecule has 0 spiro atoms. The Balaban J connectivity index is 1.88. The summed E-state index contributed by atoms with van der Waals surface area (Å²) >= 11 is 1.95. The average Bonchev–Trinajstić information content (AvgIpc) is 2.42. The second-order valence-corrected chi connectivity index (χ2v) is 6.09. The number of anilines is 1. The van der Waals surface area contributed by atoms with Crippen LogP contribution in [0.25, 0.3) is 0 Å². The first-order chi connectivity index (χ1) is 9.24. The summed E-state index contributed by atoms with van der Waals surface area (Å²) in [4.78, 5) is 5.93. The van der Waals surface area contributed by atoms with Crippen LogP contribution in [-0.2, 0) is 0 Å². The number of pyridine rings is 1. The smallest absolute Gasteiger partial charge is 0.0607 e. The van der Waals surface area contributed by atoms with Gasteiger partial charge in [-0.1, -0.05) is 18.2 Å². The quantitative estimate of drug-likeness (QED) is 0.878. The highest BCUT2D eigenvalue weighted by atomic mass is 32.2. The molecule has 0 bridgehead atoms. The van der Waals surface area contributed by atoms with E-state index in [9.17, 15) is 0 Å². The van der Waals surface area contributed by atoms with Crippen molar-refractivity contribution in [2.24, 2.45) is 0 Å². The lowest BCUT2D eigenvalue weighted by atomic mass is 10.0. The van der Waals surface area contributed by atoms with E-state index in [1.54, 1.807) is 0 Å². The summed E-state index contributed by atoms with van der Waals surface area (Å²) in [6.45, 7) is 4.10. The van der Waals surface area contributed by atoms with Crippen molar-refractivity contribution in [2.75, 3.05) is 11.1 Å². The first kappa shape index (κ1) is 12.5. The fraction of sp³-hybridized carbons (Fsp3) is 0.312. The normalized spacial score (nSPS) is 17.9. The zero-order valence-electron chi connectivity index (χ0n) is 11.3. The van der Waals surface area contributed by atoms with Gasteiger partial charge in [0, 0.05) is 16.3 Å². The van der Waals surface area contributed by atoms with Crippen molar-refractivity contribution in [1.82, 2.24) is 4.98 Å². The number of aromatic nitrogens is 1. The number of aryl methyl sites for hydroxylation is 2. The average molecular weight is 270 g/mol. The van der Waals surface area contributed by atoms with Gasteiger partial charge in [0.1, 0.15) is 0 Å². The molecular formula is C16H18N2S. The minimum Gasteiger partial charge on any atom is -0.377 e. The molecule has 0 aliphatic carbocycles. The molecule has 1 aromatic carbocycles. The number of thioether (sulfide) groups is 1. The Bertz CT molecular complexity index is 595. The molecular weight excluding hydrogens is 252 g/mol. The van der Waals surface area contributed by atoms with E-state index in [-0.39, 0.29) is 0 Å². The van der Waals surface area contributed by atoms with Crippen LogP contribution >= 0.6 is 11.8 Å². The summed E-state index contributed by atoms with van der Waals surface area (Å²) in [6, 6.07) is 13.3. The minimum atomic E-state index is 0.403. The molecule has 19 heavy (non-hydrogen) atoms. The van der Waals surface area contributed by atoms with Crippen LogP contribution in [0.1, 0.15) is 29.4 Å². The van der Waals surface area contributed by atoms with E-state index in [1.807, 2.05) is 18.7 Å². The van der Waals surface area contributed by atoms with Gasteiger partial charge in [0.05, 0.1) is 17.4 Å². The lowest BCUT2D eigenvalue weighted by Crippen LogP contribution is -2.16. The van der Waals surface area contributed by atoms with E-state index in [2.05, 4.69) is 53.6 Å². The maximum atomic E-state index is 4.53. The zero-order chi connectivity index (χ0) is 13.2. The highest BCUT2D eigenvalue weighted by Gasteiger charge is 2.20. The summed E-state index contributed by atoms with van der Waals surface area (Å²) in [5.41, 5.74) is 4.72. The van der Waals surface area contributed by atoms with E-state index >= 15 is 0 Å². The molecule has 0 saturated heterocycles. The van der Waals surface area contributed by atoms with Crippen LogP contribution in [0.4, 0.5) is 5.69 Å². The molecule has 1 aliphatic rings. The van der Waals surface area contributed by atoms with Crippen molar-refractivity contribution in [2.45, 2.75) is 31.2 Å². The molecule has 1 aromatic heterocycles. The third-order valence-corrected chi connectivity index (χ3v) is 4.64. The second-order valence-electron chi connectivity index (χ2n) is 4.96. The van der Waals surface area contributed by atoms with Gasteiger partial charge in [-0.3, -0.25) is 4.98 Å². The summed E-state index contributed by atoms with van der Waals surface area (Å²) in [5, 5.41) is 3.66. The lowest BCUT2D eigenvalue weighted by molar-refractivity contribution is 0.726. The number of hydrogen-bond donors (Lipinski definition) is 1. The number of nitrogens with zero attached hydrogens (tertiary/aromatic N) is 1. The Kier molecular flexibility index (Phi) is 3.47. The van der Waals surface area contributed by atoms with Gasteiger partial charge in [0.25, 0.3) is 0 Å². The maximum Gasteiger partial charge on any atom is 0.0607 e. The van der Waals surface area contributed by atoms with Gasteiger partial charge in [-0.25, -0.2) is 0 Å². The molecule has 0 radical (unpaired) electrons. The molecule has 98 valence electrons. The van der Waals surface area contributed by atoms with Gasteiger partial charge < -0.3 is 5.32 Å². The molecule has 3 heteroatoms. The number of nitrogens with one attached hydrogen (secondary N) is 1. The third kappa shape index (κ3) is 2.61. The molecule has 2 nitrogen and oxygen atoms in total. The van der Waals surface area contributed by atoms with Crippen LogP contribution < -0.4 is 5.32 Å². The predicted molar refractivity (Wildman–Crippen MR) is 81.9 cm³/mol. The zero-order valence-corrected chi connectivity index (χ0v) is 12.1. The lowest BCUT2D eigenvalue weighted by Gasteiger charge is -2.27. The number of hydrogen-bond acceptors (Lipinski definition) is 3. The Morgan fingerprint density at radius 1 is 1.16 bits per heavy atom. The Morgan fingerprint density at radius 2 is 2.00 bits per heavy atom. The van der Waals surface area contributed by atoms with Gasteiger partial charge in [0.2, 0.25) is 0 Å². The van der Waals surface area contributed by atoms with E-state index in [4.69, 9.17) is 0 Å². The number of benzene rings is 1. The van der Waals surface area contributed by atoms with Crippen molar-refractivity contribution in [3.63, 3.8) is 0 Å². The van der Waals surface area contributed by atoms with Crippen LogP contribution in [0.3, 0.4) is 0 Å². The van der Waals surface area contributed by atoms with Gasteiger partial charge in [-0.15, -0.1) is 11.8 Å². The molecule has 2 heterocycles. The van der Waals surface area contributed by atoms with Crippen molar-refractivity contribution in [3.8, 4) is 0 Å². The Hall–Kier alpha value is -1.48. The Morgan fingerprint density at radius 3 is 2.84 bits per heavy atom. The topological polar surface area (TPSA) is 24.9 Å². The van der Waals surface area contributed by atoms with Gasteiger partial charge >= 0.3 is 0 Å². The SMILES string of the molecule is Cc1ccc(NC2CCSc3ccccc32)c(C)n1. The summed E-state index contributed by atoms with van der Waals surface area (Å²) in [6.07, 6.45) is 1.16. The summed E-state index contributed by atoms with van der Waals surface area (Å²) in [5.74, 6) is 1.17. The standard InChI is InChI=1S/C16H18N2S/c1-11-7-8-14(12(2)17-11)18-15-9-10-19-16-6-4-3-5-13(15)16/h3-8,15,18H,9-10H2,1-2H3. The third-order valence-electron chi connectivity index (χ3n) is 3.51. The predicted octanol–water partition coefficient (Wildman–Crippen LogP) is 4.35. The molecule has 0 amide bonds. The van der Waals surface area contributed by atoms with Crippen molar-refractivity contribution in [3.05, 3.63) is 53.3 Å². The van der Waals surface area contributed by atoms with Crippen LogP contribution in [0, 0.1) is 13.8 Å².